The van der Waals surface area contributed by atoms with Crippen LogP contribution in [0.5, 0.6) is 0 Å². The number of rotatable bonds is 3. The van der Waals surface area contributed by atoms with Crippen molar-refractivity contribution in [2.45, 2.75) is 0 Å². The van der Waals surface area contributed by atoms with Gasteiger partial charge in [-0.15, -0.1) is 11.3 Å². The molecule has 1 amide bonds. The second-order valence-electron chi connectivity index (χ2n) is 3.79. The van der Waals surface area contributed by atoms with Gasteiger partial charge < -0.3 is 16.2 Å². The van der Waals surface area contributed by atoms with Crippen LogP contribution in [-0.4, -0.2) is 17.0 Å². The number of carboxylic acids is 1. The predicted molar refractivity (Wildman–Crippen MR) is 85.5 cm³/mol. The van der Waals surface area contributed by atoms with Crippen molar-refractivity contribution in [2.75, 3.05) is 11.1 Å². The molecule has 1 heterocycles. The van der Waals surface area contributed by atoms with Crippen LogP contribution in [0, 0.1) is 0 Å². The molecule has 0 saturated carbocycles. The minimum Gasteiger partial charge on any atom is -0.478 e. The fourth-order valence-electron chi connectivity index (χ4n) is 1.45. The number of halogens is 2. The van der Waals surface area contributed by atoms with Crippen LogP contribution < -0.4 is 11.1 Å². The molecule has 5 nitrogen and oxygen atoms in total. The second-order valence-corrected chi connectivity index (χ2v) is 7.02. The average molecular weight is 420 g/mol. The van der Waals surface area contributed by atoms with E-state index < -0.39 is 5.97 Å². The summed E-state index contributed by atoms with van der Waals surface area (Å²) < 4.78 is 1.61. The molecule has 0 unspecified atom stereocenters. The highest BCUT2D eigenvalue weighted by atomic mass is 79.9. The van der Waals surface area contributed by atoms with E-state index in [0.717, 1.165) is 8.26 Å². The summed E-state index contributed by atoms with van der Waals surface area (Å²) in [5.74, 6) is -1.38. The average Bonchev–Trinajstić information content (AvgIpc) is 2.72. The Labute approximate surface area is 135 Å². The summed E-state index contributed by atoms with van der Waals surface area (Å²) in [6.45, 7) is 0. The first-order valence-electron chi connectivity index (χ1n) is 5.27. The Morgan fingerprint density at radius 2 is 1.95 bits per heavy atom. The van der Waals surface area contributed by atoms with Gasteiger partial charge in [0.15, 0.2) is 0 Å². The van der Waals surface area contributed by atoms with E-state index in [1.807, 2.05) is 0 Å². The summed E-state index contributed by atoms with van der Waals surface area (Å²) in [6.07, 6.45) is 0. The van der Waals surface area contributed by atoms with Gasteiger partial charge in [0.1, 0.15) is 0 Å². The number of nitrogen functional groups attached to an aromatic ring is 1. The van der Waals surface area contributed by atoms with E-state index >= 15 is 0 Å². The maximum absolute atomic E-state index is 12.0. The molecule has 8 heteroatoms. The number of carbonyl (C=O) groups excluding carboxylic acids is 1. The largest absolute Gasteiger partial charge is 0.478 e. The zero-order valence-corrected chi connectivity index (χ0v) is 13.8. The predicted octanol–water partition coefficient (Wildman–Crippen LogP) is 3.81. The number of anilines is 2. The fourth-order valence-corrected chi connectivity index (χ4v) is 3.38. The maximum atomic E-state index is 12.0. The normalized spacial score (nSPS) is 10.3. The molecular weight excluding hydrogens is 412 g/mol. The van der Waals surface area contributed by atoms with Gasteiger partial charge >= 0.3 is 5.97 Å². The summed E-state index contributed by atoms with van der Waals surface area (Å²) in [5.41, 5.74) is 6.38. The molecule has 0 fully saturated rings. The third kappa shape index (κ3) is 3.20. The maximum Gasteiger partial charge on any atom is 0.335 e. The van der Waals surface area contributed by atoms with Crippen molar-refractivity contribution in [3.05, 3.63) is 43.0 Å². The quantitative estimate of drug-likeness (QED) is 0.659. The highest BCUT2D eigenvalue weighted by Crippen LogP contribution is 2.33. The van der Waals surface area contributed by atoms with Gasteiger partial charge in [-0.05, 0) is 56.1 Å². The van der Waals surface area contributed by atoms with Crippen LogP contribution in [0.1, 0.15) is 20.0 Å². The zero-order chi connectivity index (χ0) is 14.9. The molecule has 104 valence electrons. The standard InChI is InChI=1S/C12H8Br2N2O3S/c13-6-4-9(20-10(6)14)11(17)16-8-2-1-5(12(18)19)3-7(8)15/h1-4H,15H2,(H,16,17)(H,18,19). The minimum atomic E-state index is -1.07. The molecule has 2 rings (SSSR count). The molecule has 0 aliphatic heterocycles. The topological polar surface area (TPSA) is 92.4 Å². The molecule has 1 aromatic heterocycles. The summed E-state index contributed by atoms with van der Waals surface area (Å²) in [4.78, 5) is 23.3. The van der Waals surface area contributed by atoms with Crippen molar-refractivity contribution < 1.29 is 14.7 Å². The first kappa shape index (κ1) is 15.0. The summed E-state index contributed by atoms with van der Waals surface area (Å²) in [6, 6.07) is 5.84. The lowest BCUT2D eigenvalue weighted by Gasteiger charge is -2.07. The van der Waals surface area contributed by atoms with Crippen molar-refractivity contribution in [1.29, 1.82) is 0 Å². The number of carboxylic acid groups (broad SMARTS) is 1. The number of benzene rings is 1. The molecule has 0 saturated heterocycles. The van der Waals surface area contributed by atoms with E-state index in [1.165, 1.54) is 29.5 Å². The second kappa shape index (κ2) is 5.94. The molecular formula is C12H8Br2N2O3S. The van der Waals surface area contributed by atoms with Gasteiger partial charge in [-0.1, -0.05) is 0 Å². The molecule has 20 heavy (non-hydrogen) atoms. The van der Waals surface area contributed by atoms with E-state index in [9.17, 15) is 9.59 Å². The van der Waals surface area contributed by atoms with Crippen molar-refractivity contribution in [2.24, 2.45) is 0 Å². The molecule has 0 spiro atoms. The van der Waals surface area contributed by atoms with E-state index in [1.54, 1.807) is 6.07 Å². The highest BCUT2D eigenvalue weighted by molar-refractivity contribution is 9.13. The Kier molecular flexibility index (Phi) is 4.46. The van der Waals surface area contributed by atoms with Crippen LogP contribution in [-0.2, 0) is 0 Å². The zero-order valence-electron chi connectivity index (χ0n) is 9.81. The van der Waals surface area contributed by atoms with E-state index in [-0.39, 0.29) is 17.2 Å². The SMILES string of the molecule is Nc1cc(C(=O)O)ccc1NC(=O)c1cc(Br)c(Br)s1. The van der Waals surface area contributed by atoms with Gasteiger partial charge in [-0.3, -0.25) is 4.79 Å². The third-order valence-electron chi connectivity index (χ3n) is 2.42. The number of hydrogen-bond acceptors (Lipinski definition) is 4. The van der Waals surface area contributed by atoms with Crippen LogP contribution in [0.15, 0.2) is 32.5 Å². The molecule has 0 bridgehead atoms. The number of nitrogens with one attached hydrogen (secondary N) is 1. The number of carbonyl (C=O) groups is 2. The summed E-state index contributed by atoms with van der Waals surface area (Å²) in [5, 5.41) is 11.5. The Bertz CT molecular complexity index is 681. The fraction of sp³-hybridized carbons (Fsp3) is 0. The van der Waals surface area contributed by atoms with E-state index in [0.29, 0.717) is 10.6 Å². The van der Waals surface area contributed by atoms with Gasteiger partial charge in [0.2, 0.25) is 0 Å². The van der Waals surface area contributed by atoms with Gasteiger partial charge in [0.25, 0.3) is 5.91 Å². The molecule has 1 aromatic carbocycles. The molecule has 0 atom stereocenters. The minimum absolute atomic E-state index is 0.0714. The Balaban J connectivity index is 2.21. The Morgan fingerprint density at radius 1 is 1.25 bits per heavy atom. The van der Waals surface area contributed by atoms with Crippen LogP contribution in [0.4, 0.5) is 11.4 Å². The number of aromatic carboxylic acids is 1. The van der Waals surface area contributed by atoms with Gasteiger partial charge in [-0.25, -0.2) is 4.79 Å². The highest BCUT2D eigenvalue weighted by Gasteiger charge is 2.14. The first-order valence-corrected chi connectivity index (χ1v) is 7.67. The van der Waals surface area contributed by atoms with Crippen molar-refractivity contribution in [1.82, 2.24) is 0 Å². The van der Waals surface area contributed by atoms with Crippen molar-refractivity contribution in [3.63, 3.8) is 0 Å². The van der Waals surface area contributed by atoms with Crippen molar-refractivity contribution >= 4 is 66.4 Å². The summed E-state index contributed by atoms with van der Waals surface area (Å²) >= 11 is 7.89. The lowest BCUT2D eigenvalue weighted by Crippen LogP contribution is -2.12. The van der Waals surface area contributed by atoms with Crippen LogP contribution in [0.2, 0.25) is 0 Å². The lowest BCUT2D eigenvalue weighted by atomic mass is 10.1. The number of hydrogen-bond donors (Lipinski definition) is 3. The van der Waals surface area contributed by atoms with E-state index in [2.05, 4.69) is 37.2 Å². The van der Waals surface area contributed by atoms with Gasteiger partial charge in [0, 0.05) is 4.47 Å². The molecule has 0 aliphatic carbocycles. The lowest BCUT2D eigenvalue weighted by molar-refractivity contribution is 0.0697. The smallest absolute Gasteiger partial charge is 0.335 e. The van der Waals surface area contributed by atoms with Gasteiger partial charge in [0.05, 0.1) is 25.6 Å². The third-order valence-corrected chi connectivity index (χ3v) is 5.67. The molecule has 0 aliphatic rings. The number of nitrogens with two attached hydrogens (primary N) is 1. The molecule has 0 radical (unpaired) electrons. The number of thiophene rings is 1. The molecule has 2 aromatic rings. The van der Waals surface area contributed by atoms with Crippen LogP contribution in [0.3, 0.4) is 0 Å². The Morgan fingerprint density at radius 3 is 2.45 bits per heavy atom. The van der Waals surface area contributed by atoms with Gasteiger partial charge in [-0.2, -0.15) is 0 Å². The van der Waals surface area contributed by atoms with Crippen molar-refractivity contribution in [3.8, 4) is 0 Å². The monoisotopic (exact) mass is 418 g/mol. The Hall–Kier alpha value is -1.38. The van der Waals surface area contributed by atoms with E-state index in [4.69, 9.17) is 10.8 Å². The molecule has 4 N–H and O–H groups in total. The van der Waals surface area contributed by atoms with Crippen LogP contribution in [0.25, 0.3) is 0 Å². The summed E-state index contributed by atoms with van der Waals surface area (Å²) in [7, 11) is 0. The van der Waals surface area contributed by atoms with Crippen LogP contribution >= 0.6 is 43.2 Å². The first-order chi connectivity index (χ1) is 9.38. The number of amides is 1.